The number of esters is 1. The van der Waals surface area contributed by atoms with Crippen molar-refractivity contribution >= 4 is 62.4 Å². The minimum absolute atomic E-state index is 0.174. The van der Waals surface area contributed by atoms with E-state index in [0.717, 1.165) is 0 Å². The number of rotatable bonds is 7. The van der Waals surface area contributed by atoms with Crippen LogP contribution in [-0.2, 0) is 25.3 Å². The summed E-state index contributed by atoms with van der Waals surface area (Å²) in [6.07, 6.45) is 0.766. The molecule has 2 aromatic rings. The van der Waals surface area contributed by atoms with Crippen LogP contribution in [0.2, 0.25) is 15.1 Å². The van der Waals surface area contributed by atoms with E-state index in [2.05, 4.69) is 5.32 Å². The van der Waals surface area contributed by atoms with Gasteiger partial charge in [-0.15, -0.1) is 0 Å². The number of sulfonamides is 1. The van der Waals surface area contributed by atoms with E-state index in [1.807, 2.05) is 0 Å². The molecule has 0 saturated carbocycles. The number of piperidine rings is 1. The molecule has 0 spiro atoms. The van der Waals surface area contributed by atoms with Crippen molar-refractivity contribution in [2.75, 3.05) is 25.0 Å². The third-order valence-electron chi connectivity index (χ3n) is 5.30. The predicted molar refractivity (Wildman–Crippen MR) is 129 cm³/mol. The number of hydrogen-bond acceptors (Lipinski definition) is 5. The Labute approximate surface area is 208 Å². The average molecular weight is 534 g/mol. The first kappa shape index (κ1) is 25.8. The molecule has 7 nitrogen and oxygen atoms in total. The van der Waals surface area contributed by atoms with Crippen LogP contribution in [0.25, 0.3) is 0 Å². The van der Waals surface area contributed by atoms with E-state index >= 15 is 0 Å². The van der Waals surface area contributed by atoms with Crippen molar-refractivity contribution in [3.05, 3.63) is 62.6 Å². The fourth-order valence-electron chi connectivity index (χ4n) is 3.53. The maximum Gasteiger partial charge on any atom is 0.339 e. The lowest BCUT2D eigenvalue weighted by Crippen LogP contribution is -2.41. The summed E-state index contributed by atoms with van der Waals surface area (Å²) in [7, 11) is -3.59. The van der Waals surface area contributed by atoms with Gasteiger partial charge in [0.25, 0.3) is 0 Å². The second kappa shape index (κ2) is 11.1. The molecule has 33 heavy (non-hydrogen) atoms. The van der Waals surface area contributed by atoms with Gasteiger partial charge in [-0.3, -0.25) is 4.79 Å². The Morgan fingerprint density at radius 2 is 1.76 bits per heavy atom. The van der Waals surface area contributed by atoms with E-state index in [1.54, 1.807) is 25.1 Å². The van der Waals surface area contributed by atoms with Gasteiger partial charge in [-0.05, 0) is 55.7 Å². The van der Waals surface area contributed by atoms with Crippen molar-refractivity contribution in [2.45, 2.75) is 25.5 Å². The Balaban J connectivity index is 1.57. The number of anilines is 1. The van der Waals surface area contributed by atoms with Crippen molar-refractivity contribution in [3.63, 3.8) is 0 Å². The summed E-state index contributed by atoms with van der Waals surface area (Å²) in [6.45, 7) is 2.39. The molecule has 0 unspecified atom stereocenters. The first-order valence-corrected chi connectivity index (χ1v) is 13.0. The van der Waals surface area contributed by atoms with E-state index in [0.29, 0.717) is 34.1 Å². The summed E-state index contributed by atoms with van der Waals surface area (Å²) in [5.41, 5.74) is 1.14. The van der Waals surface area contributed by atoms with Gasteiger partial charge in [0.2, 0.25) is 15.9 Å². The largest absolute Gasteiger partial charge is 0.462 e. The van der Waals surface area contributed by atoms with Crippen molar-refractivity contribution in [3.8, 4) is 0 Å². The molecule has 1 aliphatic rings. The SMILES string of the molecule is CCOC(=O)c1ccc(NC(=O)C2CCN(S(=O)(=O)Cc3ccc(Cl)cc3Cl)CC2)cc1Cl. The highest BCUT2D eigenvalue weighted by Gasteiger charge is 2.31. The summed E-state index contributed by atoms with van der Waals surface area (Å²) in [4.78, 5) is 24.5. The van der Waals surface area contributed by atoms with E-state index in [9.17, 15) is 18.0 Å². The maximum absolute atomic E-state index is 12.8. The van der Waals surface area contributed by atoms with Crippen molar-refractivity contribution in [2.24, 2.45) is 5.92 Å². The van der Waals surface area contributed by atoms with Gasteiger partial charge in [0, 0.05) is 34.7 Å². The summed E-state index contributed by atoms with van der Waals surface area (Å²) >= 11 is 18.1. The quantitative estimate of drug-likeness (QED) is 0.505. The van der Waals surface area contributed by atoms with Crippen LogP contribution in [0.5, 0.6) is 0 Å². The average Bonchev–Trinajstić information content (AvgIpc) is 2.76. The molecule has 178 valence electrons. The molecular formula is C22H23Cl3N2O5S. The predicted octanol–water partition coefficient (Wildman–Crippen LogP) is 5.00. The summed E-state index contributed by atoms with van der Waals surface area (Å²) in [5, 5.41) is 3.69. The molecule has 0 atom stereocenters. The minimum atomic E-state index is -3.59. The number of benzene rings is 2. The summed E-state index contributed by atoms with van der Waals surface area (Å²) in [5.74, 6) is -1.34. The molecule has 1 N–H and O–H groups in total. The van der Waals surface area contributed by atoms with Gasteiger partial charge in [0.1, 0.15) is 0 Å². The number of nitrogens with one attached hydrogen (secondary N) is 1. The Hall–Kier alpha value is -1.84. The van der Waals surface area contributed by atoms with Gasteiger partial charge in [-0.2, -0.15) is 0 Å². The molecule has 1 heterocycles. The standard InChI is InChI=1S/C22H23Cl3N2O5S/c1-2-32-22(29)18-6-5-17(12-20(18)25)26-21(28)14-7-9-27(10-8-14)33(30,31)13-15-3-4-16(23)11-19(15)24/h3-6,11-12,14H,2,7-10,13H2,1H3,(H,26,28). The number of amides is 1. The highest BCUT2D eigenvalue weighted by Crippen LogP contribution is 2.27. The third kappa shape index (κ3) is 6.61. The van der Waals surface area contributed by atoms with Gasteiger partial charge in [-0.25, -0.2) is 17.5 Å². The molecule has 0 bridgehead atoms. The highest BCUT2D eigenvalue weighted by molar-refractivity contribution is 7.88. The molecule has 1 amide bonds. The summed E-state index contributed by atoms with van der Waals surface area (Å²) in [6, 6.07) is 9.26. The topological polar surface area (TPSA) is 92.8 Å². The Kier molecular flexibility index (Phi) is 8.64. The van der Waals surface area contributed by atoms with Gasteiger partial charge < -0.3 is 10.1 Å². The van der Waals surface area contributed by atoms with Crippen LogP contribution in [0.15, 0.2) is 36.4 Å². The van der Waals surface area contributed by atoms with Crippen molar-refractivity contribution in [1.29, 1.82) is 0 Å². The molecule has 0 aromatic heterocycles. The van der Waals surface area contributed by atoms with Gasteiger partial charge in [0.15, 0.2) is 0 Å². The number of halogens is 3. The zero-order valence-corrected chi connectivity index (χ0v) is 20.9. The lowest BCUT2D eigenvalue weighted by molar-refractivity contribution is -0.120. The zero-order chi connectivity index (χ0) is 24.2. The number of carbonyl (C=O) groups is 2. The second-order valence-electron chi connectivity index (χ2n) is 7.57. The van der Waals surface area contributed by atoms with E-state index in [4.69, 9.17) is 39.5 Å². The fourth-order valence-corrected chi connectivity index (χ4v) is 5.94. The first-order valence-electron chi connectivity index (χ1n) is 10.3. The lowest BCUT2D eigenvalue weighted by Gasteiger charge is -2.30. The van der Waals surface area contributed by atoms with Crippen LogP contribution >= 0.6 is 34.8 Å². The van der Waals surface area contributed by atoms with Crippen molar-refractivity contribution in [1.82, 2.24) is 4.31 Å². The molecule has 11 heteroatoms. The molecule has 1 saturated heterocycles. The Bertz CT molecular complexity index is 1150. The molecule has 0 aliphatic carbocycles. The first-order chi connectivity index (χ1) is 15.6. The highest BCUT2D eigenvalue weighted by atomic mass is 35.5. The number of ether oxygens (including phenoxy) is 1. The van der Waals surface area contributed by atoms with Crippen LogP contribution in [0.4, 0.5) is 5.69 Å². The van der Waals surface area contributed by atoms with Crippen LogP contribution in [-0.4, -0.2) is 44.3 Å². The van der Waals surface area contributed by atoms with Crippen LogP contribution < -0.4 is 5.32 Å². The normalized spacial score (nSPS) is 15.3. The van der Waals surface area contributed by atoms with Crippen LogP contribution in [0.3, 0.4) is 0 Å². The summed E-state index contributed by atoms with van der Waals surface area (Å²) < 4.78 is 31.9. The molecule has 0 radical (unpaired) electrons. The zero-order valence-electron chi connectivity index (χ0n) is 17.8. The molecule has 3 rings (SSSR count). The second-order valence-corrected chi connectivity index (χ2v) is 10.8. The Morgan fingerprint density at radius 3 is 2.36 bits per heavy atom. The van der Waals surface area contributed by atoms with Crippen LogP contribution in [0.1, 0.15) is 35.7 Å². The van der Waals surface area contributed by atoms with Crippen LogP contribution in [0, 0.1) is 5.92 Å². The monoisotopic (exact) mass is 532 g/mol. The number of nitrogens with zero attached hydrogens (tertiary/aromatic N) is 1. The molecule has 2 aromatic carbocycles. The molecule has 1 aliphatic heterocycles. The van der Waals surface area contributed by atoms with E-state index in [1.165, 1.54) is 22.5 Å². The third-order valence-corrected chi connectivity index (χ3v) is 8.03. The van der Waals surface area contributed by atoms with E-state index in [-0.39, 0.29) is 47.9 Å². The van der Waals surface area contributed by atoms with Gasteiger partial charge >= 0.3 is 5.97 Å². The molecule has 1 fully saturated rings. The molecular weight excluding hydrogens is 511 g/mol. The van der Waals surface area contributed by atoms with E-state index < -0.39 is 16.0 Å². The smallest absolute Gasteiger partial charge is 0.339 e. The Morgan fingerprint density at radius 1 is 1.06 bits per heavy atom. The van der Waals surface area contributed by atoms with Gasteiger partial charge in [0.05, 0.1) is 22.9 Å². The number of hydrogen-bond donors (Lipinski definition) is 1. The lowest BCUT2D eigenvalue weighted by atomic mass is 9.97. The van der Waals surface area contributed by atoms with Gasteiger partial charge in [-0.1, -0.05) is 40.9 Å². The number of carbonyl (C=O) groups excluding carboxylic acids is 2. The van der Waals surface area contributed by atoms with Crippen molar-refractivity contribution < 1.29 is 22.7 Å². The fraction of sp³-hybridized carbons (Fsp3) is 0.364. The maximum atomic E-state index is 12.8. The minimum Gasteiger partial charge on any atom is -0.462 e.